The Morgan fingerprint density at radius 3 is 2.61 bits per heavy atom. The molecule has 5 heteroatoms. The number of anilines is 1. The fourth-order valence-corrected chi connectivity index (χ4v) is 1.53. The van der Waals surface area contributed by atoms with Crippen LogP contribution in [0.5, 0.6) is 0 Å². The third kappa shape index (κ3) is 4.08. The van der Waals surface area contributed by atoms with Crippen molar-refractivity contribution in [2.45, 2.75) is 32.7 Å². The Hall–Kier alpha value is -2.04. The number of aryl methyl sites for hydroxylation is 1. The first-order valence-corrected chi connectivity index (χ1v) is 5.96. The van der Waals surface area contributed by atoms with Gasteiger partial charge in [-0.25, -0.2) is 9.59 Å². The summed E-state index contributed by atoms with van der Waals surface area (Å²) >= 11 is 0. The lowest BCUT2D eigenvalue weighted by molar-refractivity contribution is -0.139. The molecule has 0 bridgehead atoms. The van der Waals surface area contributed by atoms with Crippen molar-refractivity contribution in [2.24, 2.45) is 0 Å². The lowest BCUT2D eigenvalue weighted by atomic mass is 10.1. The van der Waals surface area contributed by atoms with Crippen LogP contribution in [-0.4, -0.2) is 23.1 Å². The zero-order valence-electron chi connectivity index (χ0n) is 10.6. The number of carboxylic acids is 1. The van der Waals surface area contributed by atoms with Gasteiger partial charge in [-0.2, -0.15) is 0 Å². The summed E-state index contributed by atoms with van der Waals surface area (Å²) in [6.07, 6.45) is 1.22. The molecular weight excluding hydrogens is 232 g/mol. The van der Waals surface area contributed by atoms with Crippen LogP contribution >= 0.6 is 0 Å². The molecule has 1 atom stereocenters. The standard InChI is InChI=1S/C13H18N2O3/c1-3-9-6-5-7-10(8-9)14-13(18)15-11(4-2)12(16)17/h5-8,11H,3-4H2,1-2H3,(H,16,17)(H2,14,15,18)/t11-/m0/s1. The molecule has 0 radical (unpaired) electrons. The number of carbonyl (C=O) groups is 2. The molecule has 0 spiro atoms. The summed E-state index contributed by atoms with van der Waals surface area (Å²) in [5.41, 5.74) is 1.77. The van der Waals surface area contributed by atoms with Gasteiger partial charge < -0.3 is 15.7 Å². The Bertz CT molecular complexity index is 432. The number of aliphatic carboxylic acids is 1. The summed E-state index contributed by atoms with van der Waals surface area (Å²) in [6, 6.07) is 6.08. The molecule has 5 nitrogen and oxygen atoms in total. The average molecular weight is 250 g/mol. The lowest BCUT2D eigenvalue weighted by Crippen LogP contribution is -2.42. The first kappa shape index (κ1) is 14.0. The molecule has 3 N–H and O–H groups in total. The fraction of sp³-hybridized carbons (Fsp3) is 0.385. The van der Waals surface area contributed by atoms with E-state index in [0.29, 0.717) is 12.1 Å². The predicted octanol–water partition coefficient (Wildman–Crippen LogP) is 2.23. The molecule has 2 amide bonds. The zero-order valence-corrected chi connectivity index (χ0v) is 10.6. The van der Waals surface area contributed by atoms with Crippen molar-refractivity contribution in [1.82, 2.24) is 5.32 Å². The van der Waals surface area contributed by atoms with E-state index in [1.165, 1.54) is 0 Å². The third-order valence-corrected chi connectivity index (χ3v) is 2.60. The Morgan fingerprint density at radius 2 is 2.06 bits per heavy atom. The summed E-state index contributed by atoms with van der Waals surface area (Å²) < 4.78 is 0. The van der Waals surface area contributed by atoms with Crippen molar-refractivity contribution in [1.29, 1.82) is 0 Å². The summed E-state index contributed by atoms with van der Waals surface area (Å²) in [5.74, 6) is -1.03. The third-order valence-electron chi connectivity index (χ3n) is 2.60. The molecule has 0 fully saturated rings. The summed E-state index contributed by atoms with van der Waals surface area (Å²) in [4.78, 5) is 22.4. The monoisotopic (exact) mass is 250 g/mol. The van der Waals surface area contributed by atoms with Crippen molar-refractivity contribution in [3.05, 3.63) is 29.8 Å². The smallest absolute Gasteiger partial charge is 0.326 e. The maximum atomic E-state index is 11.6. The Labute approximate surface area is 106 Å². The molecule has 98 valence electrons. The molecule has 0 heterocycles. The Balaban J connectivity index is 2.61. The van der Waals surface area contributed by atoms with Crippen LogP contribution in [-0.2, 0) is 11.2 Å². The average Bonchev–Trinajstić information content (AvgIpc) is 2.35. The van der Waals surface area contributed by atoms with E-state index in [1.54, 1.807) is 13.0 Å². The van der Waals surface area contributed by atoms with Gasteiger partial charge in [0, 0.05) is 5.69 Å². The maximum Gasteiger partial charge on any atom is 0.326 e. The second kappa shape index (κ2) is 6.64. The number of hydrogen-bond donors (Lipinski definition) is 3. The molecule has 0 aliphatic rings. The number of hydrogen-bond acceptors (Lipinski definition) is 2. The van der Waals surface area contributed by atoms with Crippen molar-refractivity contribution >= 4 is 17.7 Å². The number of amides is 2. The molecule has 1 aromatic carbocycles. The minimum atomic E-state index is -1.03. The van der Waals surface area contributed by atoms with E-state index in [0.717, 1.165) is 12.0 Å². The molecule has 1 rings (SSSR count). The molecular formula is C13H18N2O3. The summed E-state index contributed by atoms with van der Waals surface area (Å²) in [7, 11) is 0. The van der Waals surface area contributed by atoms with Crippen molar-refractivity contribution in [3.63, 3.8) is 0 Å². The molecule has 0 aromatic heterocycles. The molecule has 0 aliphatic carbocycles. The van der Waals surface area contributed by atoms with Crippen molar-refractivity contribution in [3.8, 4) is 0 Å². The SMILES string of the molecule is CCc1cccc(NC(=O)N[C@@H](CC)C(=O)O)c1. The predicted molar refractivity (Wildman–Crippen MR) is 69.7 cm³/mol. The molecule has 0 unspecified atom stereocenters. The fourth-order valence-electron chi connectivity index (χ4n) is 1.53. The first-order chi connectivity index (χ1) is 8.56. The highest BCUT2D eigenvalue weighted by Gasteiger charge is 2.17. The second-order valence-corrected chi connectivity index (χ2v) is 3.95. The highest BCUT2D eigenvalue weighted by molar-refractivity contribution is 5.92. The quantitative estimate of drug-likeness (QED) is 0.749. The van der Waals surface area contributed by atoms with Crippen LogP contribution < -0.4 is 10.6 Å². The van der Waals surface area contributed by atoms with Crippen LogP contribution in [0.4, 0.5) is 10.5 Å². The van der Waals surface area contributed by atoms with Gasteiger partial charge in [-0.1, -0.05) is 26.0 Å². The number of nitrogens with one attached hydrogen (secondary N) is 2. The van der Waals surface area contributed by atoms with E-state index in [2.05, 4.69) is 10.6 Å². The van der Waals surface area contributed by atoms with Gasteiger partial charge in [-0.3, -0.25) is 0 Å². The van der Waals surface area contributed by atoms with Crippen LogP contribution in [0.15, 0.2) is 24.3 Å². The van der Waals surface area contributed by atoms with Crippen LogP contribution in [0, 0.1) is 0 Å². The lowest BCUT2D eigenvalue weighted by Gasteiger charge is -2.13. The number of urea groups is 1. The van der Waals surface area contributed by atoms with E-state index >= 15 is 0 Å². The summed E-state index contributed by atoms with van der Waals surface area (Å²) in [6.45, 7) is 3.73. The van der Waals surface area contributed by atoms with Crippen molar-refractivity contribution in [2.75, 3.05) is 5.32 Å². The minimum Gasteiger partial charge on any atom is -0.480 e. The van der Waals surface area contributed by atoms with Crippen molar-refractivity contribution < 1.29 is 14.7 Å². The molecule has 0 saturated heterocycles. The maximum absolute atomic E-state index is 11.6. The van der Waals surface area contributed by atoms with Crippen LogP contribution in [0.25, 0.3) is 0 Å². The van der Waals surface area contributed by atoms with Crippen LogP contribution in [0.2, 0.25) is 0 Å². The van der Waals surface area contributed by atoms with Gasteiger partial charge in [0.25, 0.3) is 0 Å². The largest absolute Gasteiger partial charge is 0.480 e. The van der Waals surface area contributed by atoms with Crippen LogP contribution in [0.1, 0.15) is 25.8 Å². The number of carboxylic acid groups (broad SMARTS) is 1. The second-order valence-electron chi connectivity index (χ2n) is 3.95. The first-order valence-electron chi connectivity index (χ1n) is 5.96. The highest BCUT2D eigenvalue weighted by Crippen LogP contribution is 2.10. The zero-order chi connectivity index (χ0) is 13.5. The van der Waals surface area contributed by atoms with Gasteiger partial charge in [-0.05, 0) is 30.5 Å². The molecule has 18 heavy (non-hydrogen) atoms. The van der Waals surface area contributed by atoms with E-state index < -0.39 is 18.0 Å². The van der Waals surface area contributed by atoms with E-state index in [9.17, 15) is 9.59 Å². The Kier molecular flexibility index (Phi) is 5.17. The molecule has 0 aliphatic heterocycles. The van der Waals surface area contributed by atoms with Crippen LogP contribution in [0.3, 0.4) is 0 Å². The Morgan fingerprint density at radius 1 is 1.33 bits per heavy atom. The van der Waals surface area contributed by atoms with Gasteiger partial charge in [0.15, 0.2) is 0 Å². The van der Waals surface area contributed by atoms with Gasteiger partial charge in [0.2, 0.25) is 0 Å². The van der Waals surface area contributed by atoms with Gasteiger partial charge >= 0.3 is 12.0 Å². The summed E-state index contributed by atoms with van der Waals surface area (Å²) in [5, 5.41) is 13.9. The minimum absolute atomic E-state index is 0.345. The number of carbonyl (C=O) groups excluding carboxylic acids is 1. The van der Waals surface area contributed by atoms with Gasteiger partial charge in [0.05, 0.1) is 0 Å². The normalized spacial score (nSPS) is 11.7. The number of rotatable bonds is 5. The number of benzene rings is 1. The van der Waals surface area contributed by atoms with Gasteiger partial charge in [0.1, 0.15) is 6.04 Å². The van der Waals surface area contributed by atoms with E-state index in [1.807, 2.05) is 25.1 Å². The van der Waals surface area contributed by atoms with E-state index in [4.69, 9.17) is 5.11 Å². The van der Waals surface area contributed by atoms with E-state index in [-0.39, 0.29) is 0 Å². The van der Waals surface area contributed by atoms with Gasteiger partial charge in [-0.15, -0.1) is 0 Å². The highest BCUT2D eigenvalue weighted by atomic mass is 16.4. The topological polar surface area (TPSA) is 78.4 Å². The molecule has 0 saturated carbocycles. The molecule has 1 aromatic rings.